The third-order valence-electron chi connectivity index (χ3n) is 2.84. The van der Waals surface area contributed by atoms with Crippen molar-refractivity contribution in [3.63, 3.8) is 0 Å². The number of aliphatic hydroxyl groups excluding tert-OH is 1. The maximum absolute atomic E-state index is 11.0. The SMILES string of the molecule is Cc1cccc(Oc2ccc(C(C)O)cn2)c1[N+](=O)[O-]. The van der Waals surface area contributed by atoms with E-state index in [0.29, 0.717) is 11.1 Å². The molecule has 1 unspecified atom stereocenters. The average Bonchev–Trinajstić information content (AvgIpc) is 2.39. The van der Waals surface area contributed by atoms with Gasteiger partial charge in [0.05, 0.1) is 11.0 Å². The first-order chi connectivity index (χ1) is 9.49. The minimum absolute atomic E-state index is 0.0751. The fourth-order valence-corrected chi connectivity index (χ4v) is 1.76. The molecule has 1 heterocycles. The minimum Gasteiger partial charge on any atom is -0.432 e. The number of aryl methyl sites for hydroxylation is 1. The van der Waals surface area contributed by atoms with E-state index < -0.39 is 11.0 Å². The Balaban J connectivity index is 2.30. The molecule has 104 valence electrons. The molecular weight excluding hydrogens is 260 g/mol. The van der Waals surface area contributed by atoms with E-state index in [1.54, 1.807) is 38.1 Å². The summed E-state index contributed by atoms with van der Waals surface area (Å²) in [5.41, 5.74) is 1.10. The Labute approximate surface area is 115 Å². The number of para-hydroxylation sites is 1. The van der Waals surface area contributed by atoms with Crippen LogP contribution in [-0.4, -0.2) is 15.0 Å². The maximum Gasteiger partial charge on any atom is 0.314 e. The van der Waals surface area contributed by atoms with Crippen molar-refractivity contribution >= 4 is 5.69 Å². The van der Waals surface area contributed by atoms with Crippen LogP contribution < -0.4 is 4.74 Å². The van der Waals surface area contributed by atoms with Crippen molar-refractivity contribution < 1.29 is 14.8 Å². The van der Waals surface area contributed by atoms with Crippen molar-refractivity contribution in [1.82, 2.24) is 4.98 Å². The molecule has 2 aromatic rings. The number of nitro groups is 1. The lowest BCUT2D eigenvalue weighted by Crippen LogP contribution is -1.98. The van der Waals surface area contributed by atoms with Crippen LogP contribution in [0, 0.1) is 17.0 Å². The zero-order valence-electron chi connectivity index (χ0n) is 11.1. The number of nitrogens with zero attached hydrogens (tertiary/aromatic N) is 2. The van der Waals surface area contributed by atoms with Crippen LogP contribution in [0.3, 0.4) is 0 Å². The van der Waals surface area contributed by atoms with E-state index in [-0.39, 0.29) is 17.3 Å². The largest absolute Gasteiger partial charge is 0.432 e. The first kappa shape index (κ1) is 14.0. The van der Waals surface area contributed by atoms with Gasteiger partial charge in [-0.2, -0.15) is 0 Å². The van der Waals surface area contributed by atoms with E-state index >= 15 is 0 Å². The second-order valence-electron chi connectivity index (χ2n) is 4.39. The molecule has 20 heavy (non-hydrogen) atoms. The molecule has 1 N–H and O–H groups in total. The Morgan fingerprint density at radius 2 is 2.10 bits per heavy atom. The molecule has 0 amide bonds. The van der Waals surface area contributed by atoms with Crippen molar-refractivity contribution in [2.45, 2.75) is 20.0 Å². The second kappa shape index (κ2) is 5.66. The van der Waals surface area contributed by atoms with Gasteiger partial charge < -0.3 is 9.84 Å². The Bertz CT molecular complexity index is 624. The summed E-state index contributed by atoms with van der Waals surface area (Å²) in [6, 6.07) is 8.08. The molecule has 0 radical (unpaired) electrons. The lowest BCUT2D eigenvalue weighted by molar-refractivity contribution is -0.386. The van der Waals surface area contributed by atoms with Crippen molar-refractivity contribution in [3.8, 4) is 11.6 Å². The summed E-state index contributed by atoms with van der Waals surface area (Å²) in [6.45, 7) is 3.28. The highest BCUT2D eigenvalue weighted by Gasteiger charge is 2.19. The van der Waals surface area contributed by atoms with Crippen molar-refractivity contribution in [1.29, 1.82) is 0 Å². The molecule has 0 aliphatic rings. The van der Waals surface area contributed by atoms with Crippen LogP contribution in [0.1, 0.15) is 24.2 Å². The van der Waals surface area contributed by atoms with Crippen LogP contribution in [0.2, 0.25) is 0 Å². The van der Waals surface area contributed by atoms with Gasteiger partial charge in [0.25, 0.3) is 0 Å². The molecule has 0 spiro atoms. The highest BCUT2D eigenvalue weighted by atomic mass is 16.6. The first-order valence-corrected chi connectivity index (χ1v) is 6.05. The number of benzene rings is 1. The van der Waals surface area contributed by atoms with Crippen LogP contribution in [0.4, 0.5) is 5.69 Å². The van der Waals surface area contributed by atoms with Crippen LogP contribution >= 0.6 is 0 Å². The van der Waals surface area contributed by atoms with Crippen molar-refractivity contribution in [2.24, 2.45) is 0 Å². The molecular formula is C14H14N2O4. The smallest absolute Gasteiger partial charge is 0.314 e. The molecule has 1 aromatic carbocycles. The van der Waals surface area contributed by atoms with Gasteiger partial charge in [-0.15, -0.1) is 0 Å². The van der Waals surface area contributed by atoms with E-state index in [4.69, 9.17) is 4.74 Å². The third-order valence-corrected chi connectivity index (χ3v) is 2.84. The molecule has 1 aromatic heterocycles. The number of ether oxygens (including phenoxy) is 1. The molecule has 0 saturated carbocycles. The minimum atomic E-state index is -0.621. The summed E-state index contributed by atoms with van der Waals surface area (Å²) in [4.78, 5) is 14.6. The van der Waals surface area contributed by atoms with Gasteiger partial charge in [-0.05, 0) is 31.5 Å². The number of hydrogen-bond acceptors (Lipinski definition) is 5. The topological polar surface area (TPSA) is 85.5 Å². The second-order valence-corrected chi connectivity index (χ2v) is 4.39. The molecule has 2 rings (SSSR count). The third kappa shape index (κ3) is 2.92. The number of aromatic nitrogens is 1. The number of pyridine rings is 1. The van der Waals surface area contributed by atoms with Crippen LogP contribution in [0.5, 0.6) is 11.6 Å². The number of rotatable bonds is 4. The molecule has 0 saturated heterocycles. The highest BCUT2D eigenvalue weighted by molar-refractivity contribution is 5.53. The molecule has 0 aliphatic carbocycles. The normalized spacial score (nSPS) is 11.9. The highest BCUT2D eigenvalue weighted by Crippen LogP contribution is 2.33. The van der Waals surface area contributed by atoms with Crippen molar-refractivity contribution in [2.75, 3.05) is 0 Å². The maximum atomic E-state index is 11.0. The van der Waals surface area contributed by atoms with E-state index in [9.17, 15) is 15.2 Å². The van der Waals surface area contributed by atoms with Gasteiger partial charge in [0.1, 0.15) is 0 Å². The standard InChI is InChI=1S/C14H14N2O4/c1-9-4-3-5-12(14(9)16(18)19)20-13-7-6-11(8-15-13)10(2)17/h3-8,10,17H,1-2H3. The number of nitro benzene ring substituents is 1. The van der Waals surface area contributed by atoms with E-state index in [0.717, 1.165) is 0 Å². The van der Waals surface area contributed by atoms with Gasteiger partial charge in [-0.1, -0.05) is 12.1 Å². The Hall–Kier alpha value is -2.47. The van der Waals surface area contributed by atoms with Crippen LogP contribution in [-0.2, 0) is 0 Å². The van der Waals surface area contributed by atoms with E-state index in [1.165, 1.54) is 12.3 Å². The summed E-state index contributed by atoms with van der Waals surface area (Å²) in [5.74, 6) is 0.385. The molecule has 0 aliphatic heterocycles. The Morgan fingerprint density at radius 1 is 1.35 bits per heavy atom. The van der Waals surface area contributed by atoms with Crippen LogP contribution in [0.15, 0.2) is 36.5 Å². The number of hydrogen-bond donors (Lipinski definition) is 1. The summed E-state index contributed by atoms with van der Waals surface area (Å²) >= 11 is 0. The molecule has 1 atom stereocenters. The quantitative estimate of drug-likeness (QED) is 0.683. The van der Waals surface area contributed by atoms with Gasteiger partial charge in [0.15, 0.2) is 0 Å². The number of aliphatic hydroxyl groups is 1. The summed E-state index contributed by atoms with van der Waals surface area (Å²) in [7, 11) is 0. The monoisotopic (exact) mass is 274 g/mol. The van der Waals surface area contributed by atoms with Gasteiger partial charge in [0, 0.05) is 17.8 Å². The predicted octanol–water partition coefficient (Wildman–Crippen LogP) is 3.14. The Kier molecular flexibility index (Phi) is 3.95. The summed E-state index contributed by atoms with van der Waals surface area (Å²) < 4.78 is 5.45. The molecule has 6 heteroatoms. The van der Waals surface area contributed by atoms with Gasteiger partial charge in [-0.3, -0.25) is 10.1 Å². The summed E-state index contributed by atoms with van der Waals surface area (Å²) in [5, 5.41) is 20.4. The average molecular weight is 274 g/mol. The molecule has 0 fully saturated rings. The van der Waals surface area contributed by atoms with Crippen molar-refractivity contribution in [3.05, 3.63) is 57.8 Å². The van der Waals surface area contributed by atoms with Gasteiger partial charge in [0.2, 0.25) is 11.6 Å². The fourth-order valence-electron chi connectivity index (χ4n) is 1.76. The van der Waals surface area contributed by atoms with Gasteiger partial charge >= 0.3 is 5.69 Å². The molecule has 0 bridgehead atoms. The zero-order chi connectivity index (χ0) is 14.7. The summed E-state index contributed by atoms with van der Waals surface area (Å²) in [6.07, 6.45) is 0.853. The fraction of sp³-hybridized carbons (Fsp3) is 0.214. The zero-order valence-corrected chi connectivity index (χ0v) is 11.1. The molecule has 6 nitrogen and oxygen atoms in total. The van der Waals surface area contributed by atoms with Crippen LogP contribution in [0.25, 0.3) is 0 Å². The van der Waals surface area contributed by atoms with E-state index in [2.05, 4.69) is 4.98 Å². The Morgan fingerprint density at radius 3 is 2.65 bits per heavy atom. The lowest BCUT2D eigenvalue weighted by Gasteiger charge is -2.08. The van der Waals surface area contributed by atoms with E-state index in [1.807, 2.05) is 0 Å². The lowest BCUT2D eigenvalue weighted by atomic mass is 10.2. The first-order valence-electron chi connectivity index (χ1n) is 6.05. The predicted molar refractivity (Wildman–Crippen MR) is 72.8 cm³/mol. The van der Waals surface area contributed by atoms with Gasteiger partial charge in [-0.25, -0.2) is 4.98 Å².